The van der Waals surface area contributed by atoms with Crippen molar-refractivity contribution in [3.63, 3.8) is 0 Å². The molecule has 8 heteroatoms. The van der Waals surface area contributed by atoms with Crippen molar-refractivity contribution in [1.29, 1.82) is 0 Å². The molecule has 2 fully saturated rings. The summed E-state index contributed by atoms with van der Waals surface area (Å²) in [5.41, 5.74) is 1.54. The van der Waals surface area contributed by atoms with Gasteiger partial charge in [0.25, 0.3) is 0 Å². The Kier molecular flexibility index (Phi) is 6.72. The number of anilines is 1. The van der Waals surface area contributed by atoms with Crippen molar-refractivity contribution in [3.05, 3.63) is 16.5 Å². The molecule has 1 aromatic rings. The van der Waals surface area contributed by atoms with Crippen LogP contribution in [0.4, 0.5) is 5.00 Å². The molecule has 0 unspecified atom stereocenters. The standard InChI is InChI=1S/C20H29N3O4S/c1-4-27-20(26)18-16(14-5-6-14)12-28-19(18)21-17(25)11-23-9-7-15(8-10-23)22(3)13(2)24/h12,14-15H,4-11H2,1-3H3,(H,21,25). The van der Waals surface area contributed by atoms with Crippen LogP contribution in [-0.4, -0.2) is 66.9 Å². The van der Waals surface area contributed by atoms with Crippen molar-refractivity contribution >= 4 is 34.1 Å². The van der Waals surface area contributed by atoms with Crippen molar-refractivity contribution in [2.45, 2.75) is 51.5 Å². The van der Waals surface area contributed by atoms with Gasteiger partial charge in [0.1, 0.15) is 5.00 Å². The zero-order chi connectivity index (χ0) is 20.3. The van der Waals surface area contributed by atoms with Gasteiger partial charge in [0.2, 0.25) is 11.8 Å². The first kappa shape index (κ1) is 20.8. The molecular formula is C20H29N3O4S. The molecule has 2 aliphatic rings. The number of amides is 2. The highest BCUT2D eigenvalue weighted by Gasteiger charge is 2.32. The lowest BCUT2D eigenvalue weighted by Crippen LogP contribution is -2.46. The van der Waals surface area contributed by atoms with E-state index in [2.05, 4.69) is 10.2 Å². The summed E-state index contributed by atoms with van der Waals surface area (Å²) in [6.45, 7) is 5.52. The Morgan fingerprint density at radius 2 is 1.93 bits per heavy atom. The van der Waals surface area contributed by atoms with E-state index in [0.717, 1.165) is 44.3 Å². The van der Waals surface area contributed by atoms with E-state index in [1.165, 1.54) is 11.3 Å². The van der Waals surface area contributed by atoms with Gasteiger partial charge < -0.3 is 15.0 Å². The Morgan fingerprint density at radius 3 is 2.50 bits per heavy atom. The molecule has 28 heavy (non-hydrogen) atoms. The maximum absolute atomic E-state index is 12.6. The van der Waals surface area contributed by atoms with Crippen LogP contribution < -0.4 is 5.32 Å². The summed E-state index contributed by atoms with van der Waals surface area (Å²) in [5, 5.41) is 5.49. The third-order valence-corrected chi connectivity index (χ3v) is 6.45. The molecule has 154 valence electrons. The minimum atomic E-state index is -0.353. The zero-order valence-electron chi connectivity index (χ0n) is 16.8. The van der Waals surface area contributed by atoms with Gasteiger partial charge in [-0.2, -0.15) is 0 Å². The second-order valence-electron chi connectivity index (χ2n) is 7.58. The number of nitrogens with one attached hydrogen (secondary N) is 1. The first-order chi connectivity index (χ1) is 13.4. The maximum Gasteiger partial charge on any atom is 0.341 e. The first-order valence-electron chi connectivity index (χ1n) is 9.94. The third kappa shape index (κ3) is 4.91. The number of hydrogen-bond acceptors (Lipinski definition) is 6. The van der Waals surface area contributed by atoms with Crippen LogP contribution in [0.2, 0.25) is 0 Å². The van der Waals surface area contributed by atoms with E-state index in [1.54, 1.807) is 18.7 Å². The van der Waals surface area contributed by atoms with Crippen molar-refractivity contribution in [2.75, 3.05) is 38.6 Å². The Morgan fingerprint density at radius 1 is 1.25 bits per heavy atom. The highest BCUT2D eigenvalue weighted by atomic mass is 32.1. The maximum atomic E-state index is 12.6. The smallest absolute Gasteiger partial charge is 0.341 e. The molecule has 1 aliphatic carbocycles. The number of esters is 1. The number of piperidine rings is 1. The molecule has 3 rings (SSSR count). The molecule has 1 saturated carbocycles. The normalized spacial score (nSPS) is 18.0. The number of likely N-dealkylation sites (tertiary alicyclic amines) is 1. The number of carbonyl (C=O) groups is 3. The summed E-state index contributed by atoms with van der Waals surface area (Å²) in [4.78, 5) is 40.4. The Bertz CT molecular complexity index is 736. The van der Waals surface area contributed by atoms with Crippen molar-refractivity contribution in [2.24, 2.45) is 0 Å². The summed E-state index contributed by atoms with van der Waals surface area (Å²) in [5.74, 6) is 0.0209. The predicted molar refractivity (Wildman–Crippen MR) is 109 cm³/mol. The summed E-state index contributed by atoms with van der Waals surface area (Å²) in [7, 11) is 1.83. The van der Waals surface area contributed by atoms with Crippen LogP contribution in [0.15, 0.2) is 5.38 Å². The monoisotopic (exact) mass is 407 g/mol. The second-order valence-corrected chi connectivity index (χ2v) is 8.45. The lowest BCUT2D eigenvalue weighted by molar-refractivity contribution is -0.130. The lowest BCUT2D eigenvalue weighted by atomic mass is 10.0. The molecule has 0 spiro atoms. The third-order valence-electron chi connectivity index (χ3n) is 5.54. The van der Waals surface area contributed by atoms with Crippen LogP contribution in [-0.2, 0) is 14.3 Å². The van der Waals surface area contributed by atoms with Crippen LogP contribution in [0.25, 0.3) is 0 Å². The van der Waals surface area contributed by atoms with Crippen LogP contribution in [0.1, 0.15) is 61.4 Å². The SMILES string of the molecule is CCOC(=O)c1c(C2CC2)csc1NC(=O)CN1CCC(N(C)C(C)=O)CC1. The number of thiophene rings is 1. The summed E-state index contributed by atoms with van der Waals surface area (Å²) in [6.07, 6.45) is 3.89. The van der Waals surface area contributed by atoms with Gasteiger partial charge in [0.15, 0.2) is 0 Å². The fourth-order valence-electron chi connectivity index (χ4n) is 3.66. The quantitative estimate of drug-likeness (QED) is 0.703. The molecule has 0 atom stereocenters. The van der Waals surface area contributed by atoms with E-state index < -0.39 is 0 Å². The highest BCUT2D eigenvalue weighted by molar-refractivity contribution is 7.15. The van der Waals surface area contributed by atoms with Gasteiger partial charge in [-0.25, -0.2) is 4.79 Å². The Hall–Kier alpha value is -1.93. The van der Waals surface area contributed by atoms with E-state index in [-0.39, 0.29) is 30.4 Å². The molecule has 1 N–H and O–H groups in total. The average Bonchev–Trinajstić information content (AvgIpc) is 3.42. The van der Waals surface area contributed by atoms with Crippen LogP contribution in [0.5, 0.6) is 0 Å². The number of ether oxygens (including phenoxy) is 1. The molecule has 0 bridgehead atoms. The Balaban J connectivity index is 1.57. The Labute approximate surface area is 170 Å². The van der Waals surface area contributed by atoms with E-state index in [1.807, 2.05) is 12.4 Å². The first-order valence-corrected chi connectivity index (χ1v) is 10.8. The number of hydrogen-bond donors (Lipinski definition) is 1. The zero-order valence-corrected chi connectivity index (χ0v) is 17.6. The lowest BCUT2D eigenvalue weighted by Gasteiger charge is -2.36. The van der Waals surface area contributed by atoms with Crippen molar-refractivity contribution in [1.82, 2.24) is 9.80 Å². The van der Waals surface area contributed by atoms with Crippen LogP contribution in [0.3, 0.4) is 0 Å². The van der Waals surface area contributed by atoms with Crippen LogP contribution >= 0.6 is 11.3 Å². The van der Waals surface area contributed by atoms with Crippen molar-refractivity contribution in [3.8, 4) is 0 Å². The van der Waals surface area contributed by atoms with Gasteiger partial charge in [0, 0.05) is 33.1 Å². The molecular weight excluding hydrogens is 378 g/mol. The number of carbonyl (C=O) groups excluding carboxylic acids is 3. The molecule has 0 radical (unpaired) electrons. The van der Waals surface area contributed by atoms with E-state index in [4.69, 9.17) is 4.74 Å². The van der Waals surface area contributed by atoms with Gasteiger partial charge in [-0.15, -0.1) is 11.3 Å². The molecule has 1 aliphatic heterocycles. The molecule has 1 saturated heterocycles. The van der Waals surface area contributed by atoms with Gasteiger partial charge >= 0.3 is 5.97 Å². The number of rotatable bonds is 7. The topological polar surface area (TPSA) is 79.0 Å². The highest BCUT2D eigenvalue weighted by Crippen LogP contribution is 2.46. The minimum absolute atomic E-state index is 0.0758. The molecule has 2 amide bonds. The largest absolute Gasteiger partial charge is 0.462 e. The summed E-state index contributed by atoms with van der Waals surface area (Å²) >= 11 is 1.40. The van der Waals surface area contributed by atoms with Crippen LogP contribution in [0, 0.1) is 0 Å². The molecule has 0 aromatic carbocycles. The van der Waals surface area contributed by atoms with E-state index >= 15 is 0 Å². The number of nitrogens with zero attached hydrogens (tertiary/aromatic N) is 2. The average molecular weight is 408 g/mol. The fourth-order valence-corrected chi connectivity index (χ4v) is 4.71. The fraction of sp³-hybridized carbons (Fsp3) is 0.650. The molecule has 7 nitrogen and oxygen atoms in total. The second kappa shape index (κ2) is 9.05. The van der Waals surface area contributed by atoms with Gasteiger partial charge in [-0.3, -0.25) is 14.5 Å². The summed E-state index contributed by atoms with van der Waals surface area (Å²) in [6, 6.07) is 0.241. The minimum Gasteiger partial charge on any atom is -0.462 e. The summed E-state index contributed by atoms with van der Waals surface area (Å²) < 4.78 is 5.20. The van der Waals surface area contributed by atoms with Gasteiger partial charge in [-0.1, -0.05) is 0 Å². The van der Waals surface area contributed by atoms with E-state index in [0.29, 0.717) is 23.1 Å². The predicted octanol–water partition coefficient (Wildman–Crippen LogP) is 2.68. The molecule has 2 heterocycles. The van der Waals surface area contributed by atoms with E-state index in [9.17, 15) is 14.4 Å². The van der Waals surface area contributed by atoms with Crippen molar-refractivity contribution < 1.29 is 19.1 Å². The van der Waals surface area contributed by atoms with Gasteiger partial charge in [-0.05, 0) is 49.5 Å². The van der Waals surface area contributed by atoms with Gasteiger partial charge in [0.05, 0.1) is 18.7 Å². The molecule has 1 aromatic heterocycles.